The molecule has 2 aromatic carbocycles. The Morgan fingerprint density at radius 3 is 2.31 bits per heavy atom. The van der Waals surface area contributed by atoms with Gasteiger partial charge >= 0.3 is 0 Å². The number of benzene rings is 2. The maximum absolute atomic E-state index is 12.7. The van der Waals surface area contributed by atoms with Gasteiger partial charge in [-0.1, -0.05) is 49.2 Å². The van der Waals surface area contributed by atoms with Gasteiger partial charge in [0.25, 0.3) is 5.56 Å². The molecule has 0 unspecified atom stereocenters. The lowest BCUT2D eigenvalue weighted by atomic mass is 9.88. The van der Waals surface area contributed by atoms with Crippen molar-refractivity contribution in [1.29, 1.82) is 0 Å². The third kappa shape index (κ3) is 3.51. The number of para-hydroxylation sites is 1. The highest BCUT2D eigenvalue weighted by atomic mass is 16.1. The van der Waals surface area contributed by atoms with Crippen molar-refractivity contribution in [2.45, 2.75) is 50.5 Å². The standard InChI is InChI=1S/C25H29N3O/c1-27-24(26-23-9-5-4-8-22(23)25(27)29)20-12-10-18(11-13-20)19-14-16-28(17-15-19)21-6-2-3-7-21/h4-5,8-13,19,21H,2-3,6-7,14-17H2,1H3. The van der Waals surface area contributed by atoms with Crippen LogP contribution in [0, 0.1) is 0 Å². The molecule has 1 aromatic heterocycles. The van der Waals surface area contributed by atoms with E-state index in [0.717, 1.165) is 22.9 Å². The predicted molar refractivity (Wildman–Crippen MR) is 118 cm³/mol. The Bertz CT molecular complexity index is 1060. The summed E-state index contributed by atoms with van der Waals surface area (Å²) in [4.78, 5) is 20.2. The summed E-state index contributed by atoms with van der Waals surface area (Å²) in [5.74, 6) is 1.38. The van der Waals surface area contributed by atoms with E-state index in [2.05, 4.69) is 29.2 Å². The lowest BCUT2D eigenvalue weighted by Gasteiger charge is -2.36. The zero-order valence-corrected chi connectivity index (χ0v) is 17.2. The van der Waals surface area contributed by atoms with Crippen molar-refractivity contribution >= 4 is 10.9 Å². The van der Waals surface area contributed by atoms with E-state index in [4.69, 9.17) is 4.98 Å². The van der Waals surface area contributed by atoms with Crippen LogP contribution in [0.5, 0.6) is 0 Å². The van der Waals surface area contributed by atoms with Crippen molar-refractivity contribution in [2.24, 2.45) is 7.05 Å². The van der Waals surface area contributed by atoms with Gasteiger partial charge in [-0.3, -0.25) is 9.36 Å². The molecule has 1 aliphatic heterocycles. The van der Waals surface area contributed by atoms with Gasteiger partial charge in [-0.15, -0.1) is 0 Å². The first kappa shape index (κ1) is 18.6. The topological polar surface area (TPSA) is 38.1 Å². The number of piperidine rings is 1. The summed E-state index contributed by atoms with van der Waals surface area (Å²) in [5.41, 5.74) is 3.19. The van der Waals surface area contributed by atoms with E-state index in [1.165, 1.54) is 57.2 Å². The molecule has 2 fully saturated rings. The number of likely N-dealkylation sites (tertiary alicyclic amines) is 1. The number of nitrogens with zero attached hydrogens (tertiary/aromatic N) is 3. The van der Waals surface area contributed by atoms with E-state index in [-0.39, 0.29) is 5.56 Å². The van der Waals surface area contributed by atoms with Crippen molar-refractivity contribution in [3.63, 3.8) is 0 Å². The SMILES string of the molecule is Cn1c(-c2ccc(C3CCN(C4CCCC4)CC3)cc2)nc2ccccc2c1=O. The van der Waals surface area contributed by atoms with Gasteiger partial charge in [0.2, 0.25) is 0 Å². The average molecular weight is 388 g/mol. The fourth-order valence-corrected chi connectivity index (χ4v) is 5.25. The molecule has 1 saturated heterocycles. The molecule has 0 atom stereocenters. The molecule has 4 nitrogen and oxygen atoms in total. The smallest absolute Gasteiger partial charge is 0.261 e. The maximum atomic E-state index is 12.7. The number of hydrogen-bond donors (Lipinski definition) is 0. The largest absolute Gasteiger partial charge is 0.300 e. The second-order valence-electron chi connectivity index (χ2n) is 8.69. The normalized spacial score (nSPS) is 19.2. The van der Waals surface area contributed by atoms with Crippen LogP contribution in [0.15, 0.2) is 53.3 Å². The van der Waals surface area contributed by atoms with Crippen LogP contribution in [-0.2, 0) is 7.05 Å². The second-order valence-corrected chi connectivity index (χ2v) is 8.69. The molecule has 29 heavy (non-hydrogen) atoms. The highest BCUT2D eigenvalue weighted by molar-refractivity contribution is 5.79. The van der Waals surface area contributed by atoms with Crippen LogP contribution < -0.4 is 5.56 Å². The molecular formula is C25H29N3O. The minimum atomic E-state index is 0.00830. The monoisotopic (exact) mass is 387 g/mol. The molecule has 1 aliphatic carbocycles. The second kappa shape index (κ2) is 7.75. The van der Waals surface area contributed by atoms with Crippen molar-refractivity contribution in [3.8, 4) is 11.4 Å². The van der Waals surface area contributed by atoms with Gasteiger partial charge in [-0.2, -0.15) is 0 Å². The molecular weight excluding hydrogens is 358 g/mol. The summed E-state index contributed by atoms with van der Waals surface area (Å²) >= 11 is 0. The quantitative estimate of drug-likeness (QED) is 0.652. The minimum absolute atomic E-state index is 0.00830. The first-order valence-corrected chi connectivity index (χ1v) is 11.0. The van der Waals surface area contributed by atoms with Crippen LogP contribution >= 0.6 is 0 Å². The molecule has 0 N–H and O–H groups in total. The van der Waals surface area contributed by atoms with Crippen molar-refractivity contribution < 1.29 is 0 Å². The third-order valence-corrected chi connectivity index (χ3v) is 6.99. The van der Waals surface area contributed by atoms with Crippen LogP contribution in [-0.4, -0.2) is 33.6 Å². The molecule has 150 valence electrons. The fraction of sp³-hybridized carbons (Fsp3) is 0.440. The van der Waals surface area contributed by atoms with Gasteiger partial charge in [-0.25, -0.2) is 4.98 Å². The molecule has 0 radical (unpaired) electrons. The van der Waals surface area contributed by atoms with Crippen LogP contribution in [0.25, 0.3) is 22.3 Å². The zero-order chi connectivity index (χ0) is 19.8. The minimum Gasteiger partial charge on any atom is -0.300 e. The van der Waals surface area contributed by atoms with E-state index in [0.29, 0.717) is 11.3 Å². The van der Waals surface area contributed by atoms with Gasteiger partial charge in [0.1, 0.15) is 5.82 Å². The Balaban J connectivity index is 1.35. The summed E-state index contributed by atoms with van der Waals surface area (Å²) in [6.07, 6.45) is 8.13. The lowest BCUT2D eigenvalue weighted by Crippen LogP contribution is -2.39. The number of rotatable bonds is 3. The summed E-state index contributed by atoms with van der Waals surface area (Å²) in [6.45, 7) is 2.47. The molecule has 3 aromatic rings. The van der Waals surface area contributed by atoms with E-state index in [1.807, 2.05) is 31.3 Å². The van der Waals surface area contributed by atoms with Crippen LogP contribution in [0.3, 0.4) is 0 Å². The summed E-state index contributed by atoms with van der Waals surface area (Å²) in [7, 11) is 1.81. The van der Waals surface area contributed by atoms with Gasteiger partial charge in [-0.05, 0) is 62.4 Å². The van der Waals surface area contributed by atoms with E-state index < -0.39 is 0 Å². The van der Waals surface area contributed by atoms with Crippen molar-refractivity contribution in [3.05, 3.63) is 64.4 Å². The Morgan fingerprint density at radius 1 is 0.897 bits per heavy atom. The molecule has 4 heteroatoms. The third-order valence-electron chi connectivity index (χ3n) is 6.99. The molecule has 5 rings (SSSR count). The van der Waals surface area contributed by atoms with Crippen LogP contribution in [0.2, 0.25) is 0 Å². The Hall–Kier alpha value is -2.46. The van der Waals surface area contributed by atoms with Gasteiger partial charge in [0.15, 0.2) is 0 Å². The highest BCUT2D eigenvalue weighted by Crippen LogP contribution is 2.33. The molecule has 0 amide bonds. The molecule has 0 bridgehead atoms. The fourth-order valence-electron chi connectivity index (χ4n) is 5.25. The Labute approximate surface area is 172 Å². The van der Waals surface area contributed by atoms with Gasteiger partial charge in [0.05, 0.1) is 10.9 Å². The van der Waals surface area contributed by atoms with E-state index in [1.54, 1.807) is 4.57 Å². The first-order chi connectivity index (χ1) is 14.2. The summed E-state index contributed by atoms with van der Waals surface area (Å²) < 4.78 is 1.66. The van der Waals surface area contributed by atoms with E-state index >= 15 is 0 Å². The molecule has 0 spiro atoms. The Morgan fingerprint density at radius 2 is 1.59 bits per heavy atom. The van der Waals surface area contributed by atoms with Crippen LogP contribution in [0.1, 0.15) is 50.0 Å². The number of fused-ring (bicyclic) bond motifs is 1. The lowest BCUT2D eigenvalue weighted by molar-refractivity contribution is 0.154. The molecule has 2 aliphatic rings. The number of aromatic nitrogens is 2. The summed E-state index contributed by atoms with van der Waals surface area (Å²) in [5, 5.41) is 0.671. The van der Waals surface area contributed by atoms with Crippen LogP contribution in [0.4, 0.5) is 0 Å². The average Bonchev–Trinajstić information content (AvgIpc) is 3.32. The molecule has 2 heterocycles. The number of hydrogen-bond acceptors (Lipinski definition) is 3. The molecule has 1 saturated carbocycles. The highest BCUT2D eigenvalue weighted by Gasteiger charge is 2.27. The zero-order valence-electron chi connectivity index (χ0n) is 17.2. The van der Waals surface area contributed by atoms with Gasteiger partial charge in [0, 0.05) is 18.7 Å². The van der Waals surface area contributed by atoms with Gasteiger partial charge < -0.3 is 4.90 Å². The van der Waals surface area contributed by atoms with E-state index in [9.17, 15) is 4.79 Å². The van der Waals surface area contributed by atoms with Crippen molar-refractivity contribution in [2.75, 3.05) is 13.1 Å². The summed E-state index contributed by atoms with van der Waals surface area (Å²) in [6, 6.07) is 17.2. The van der Waals surface area contributed by atoms with Crippen molar-refractivity contribution in [1.82, 2.24) is 14.5 Å². The first-order valence-electron chi connectivity index (χ1n) is 11.0. The Kier molecular flexibility index (Phi) is 4.96. The predicted octanol–water partition coefficient (Wildman–Crippen LogP) is 4.72. The maximum Gasteiger partial charge on any atom is 0.261 e.